The molecule has 84 valence electrons. The zero-order valence-corrected chi connectivity index (χ0v) is 9.54. The van der Waals surface area contributed by atoms with Gasteiger partial charge in [0.2, 0.25) is 0 Å². The van der Waals surface area contributed by atoms with Crippen molar-refractivity contribution in [3.63, 3.8) is 0 Å². The Balaban J connectivity index is 3.05. The lowest BCUT2D eigenvalue weighted by atomic mass is 10.2. The van der Waals surface area contributed by atoms with Crippen molar-refractivity contribution < 1.29 is 9.53 Å². The first-order chi connectivity index (χ1) is 7.11. The highest BCUT2D eigenvalue weighted by molar-refractivity contribution is 5.89. The molecule has 4 heteroatoms. The number of methoxy groups -OCH3 is 1. The number of esters is 1. The summed E-state index contributed by atoms with van der Waals surface area (Å²) in [6.07, 6.45) is 0.860. The Labute approximate surface area is 90.0 Å². The second-order valence-corrected chi connectivity index (χ2v) is 3.60. The van der Waals surface area contributed by atoms with E-state index in [-0.39, 0.29) is 5.97 Å². The molecule has 0 atom stereocenters. The normalized spacial score (nSPS) is 10.4. The van der Waals surface area contributed by atoms with E-state index >= 15 is 0 Å². The number of hydrogen-bond acceptors (Lipinski definition) is 3. The number of nitrogens with two attached hydrogens (primary N) is 1. The minimum absolute atomic E-state index is 0.280. The maximum Gasteiger partial charge on any atom is 0.354 e. The van der Waals surface area contributed by atoms with Crippen LogP contribution in [0.1, 0.15) is 28.2 Å². The molecule has 0 aromatic carbocycles. The van der Waals surface area contributed by atoms with Crippen molar-refractivity contribution in [3.05, 3.63) is 23.0 Å². The molecule has 0 bridgehead atoms. The summed E-state index contributed by atoms with van der Waals surface area (Å²) in [5.41, 5.74) is 8.13. The molecule has 0 amide bonds. The molecule has 0 aliphatic heterocycles. The summed E-state index contributed by atoms with van der Waals surface area (Å²) < 4.78 is 6.73. The average Bonchev–Trinajstić information content (AvgIpc) is 2.49. The molecule has 0 aliphatic carbocycles. The van der Waals surface area contributed by atoms with E-state index in [2.05, 4.69) is 0 Å². The van der Waals surface area contributed by atoms with Gasteiger partial charge < -0.3 is 15.0 Å². The van der Waals surface area contributed by atoms with Gasteiger partial charge in [-0.1, -0.05) is 0 Å². The second kappa shape index (κ2) is 4.98. The quantitative estimate of drug-likeness (QED) is 0.761. The first-order valence-corrected chi connectivity index (χ1v) is 5.07. The van der Waals surface area contributed by atoms with E-state index in [4.69, 9.17) is 10.5 Å². The van der Waals surface area contributed by atoms with Crippen molar-refractivity contribution in [2.75, 3.05) is 13.7 Å². The van der Waals surface area contributed by atoms with Crippen LogP contribution in [0.4, 0.5) is 0 Å². The van der Waals surface area contributed by atoms with Gasteiger partial charge in [-0.15, -0.1) is 0 Å². The van der Waals surface area contributed by atoms with E-state index in [1.165, 1.54) is 7.11 Å². The number of aromatic nitrogens is 1. The number of carbonyl (C=O) groups is 1. The van der Waals surface area contributed by atoms with E-state index in [9.17, 15) is 4.79 Å². The number of hydrogen-bond donors (Lipinski definition) is 1. The summed E-state index contributed by atoms with van der Waals surface area (Å²) in [4.78, 5) is 11.6. The van der Waals surface area contributed by atoms with Crippen LogP contribution < -0.4 is 5.73 Å². The minimum atomic E-state index is -0.280. The Morgan fingerprint density at radius 3 is 2.73 bits per heavy atom. The van der Waals surface area contributed by atoms with Crippen LogP contribution in [0.3, 0.4) is 0 Å². The first-order valence-electron chi connectivity index (χ1n) is 5.07. The number of carbonyl (C=O) groups excluding carboxylic acids is 1. The molecule has 1 aromatic heterocycles. The van der Waals surface area contributed by atoms with Crippen LogP contribution in [0.25, 0.3) is 0 Å². The number of ether oxygens (including phenoxy) is 1. The lowest BCUT2D eigenvalue weighted by Gasteiger charge is -2.09. The third kappa shape index (κ3) is 2.39. The molecule has 0 fully saturated rings. The summed E-state index contributed by atoms with van der Waals surface area (Å²) in [6.45, 7) is 5.28. The van der Waals surface area contributed by atoms with Crippen LogP contribution in [0.2, 0.25) is 0 Å². The van der Waals surface area contributed by atoms with E-state index in [0.717, 1.165) is 24.2 Å². The lowest BCUT2D eigenvalue weighted by molar-refractivity contribution is 0.0587. The van der Waals surface area contributed by atoms with Crippen molar-refractivity contribution in [3.8, 4) is 0 Å². The fourth-order valence-electron chi connectivity index (χ4n) is 1.75. The fraction of sp³-hybridized carbons (Fsp3) is 0.545. The standard InChI is InChI=1S/C11H18N2O2/c1-8-7-9(2)13(6-4-5-12)10(8)11(14)15-3/h7H,4-6,12H2,1-3H3. The van der Waals surface area contributed by atoms with Crippen LogP contribution >= 0.6 is 0 Å². The smallest absolute Gasteiger partial charge is 0.354 e. The van der Waals surface area contributed by atoms with Crippen LogP contribution in [-0.2, 0) is 11.3 Å². The van der Waals surface area contributed by atoms with E-state index in [1.807, 2.05) is 24.5 Å². The molecule has 0 radical (unpaired) electrons. The second-order valence-electron chi connectivity index (χ2n) is 3.60. The molecular weight excluding hydrogens is 192 g/mol. The zero-order chi connectivity index (χ0) is 11.4. The van der Waals surface area contributed by atoms with Gasteiger partial charge in [0.25, 0.3) is 0 Å². The van der Waals surface area contributed by atoms with Crippen molar-refractivity contribution >= 4 is 5.97 Å². The minimum Gasteiger partial charge on any atom is -0.464 e. The topological polar surface area (TPSA) is 57.2 Å². The highest BCUT2D eigenvalue weighted by Gasteiger charge is 2.16. The summed E-state index contributed by atoms with van der Waals surface area (Å²) in [6, 6.07) is 1.99. The Bertz CT molecular complexity index is 356. The number of rotatable bonds is 4. The predicted octanol–water partition coefficient (Wildman–Crippen LogP) is 1.24. The molecule has 0 aliphatic rings. The molecule has 4 nitrogen and oxygen atoms in total. The number of aryl methyl sites for hydroxylation is 2. The summed E-state index contributed by atoms with van der Waals surface area (Å²) in [7, 11) is 1.40. The molecule has 0 unspecified atom stereocenters. The summed E-state index contributed by atoms with van der Waals surface area (Å²) in [5, 5.41) is 0. The molecule has 15 heavy (non-hydrogen) atoms. The number of nitrogens with zero attached hydrogens (tertiary/aromatic N) is 1. The van der Waals surface area contributed by atoms with Crippen LogP contribution in [0, 0.1) is 13.8 Å². The van der Waals surface area contributed by atoms with Gasteiger partial charge in [0.15, 0.2) is 0 Å². The lowest BCUT2D eigenvalue weighted by Crippen LogP contribution is -2.15. The Hall–Kier alpha value is -1.29. The van der Waals surface area contributed by atoms with E-state index in [0.29, 0.717) is 12.2 Å². The molecule has 0 spiro atoms. The summed E-state index contributed by atoms with van der Waals surface area (Å²) in [5.74, 6) is -0.280. The molecule has 1 rings (SSSR count). The van der Waals surface area contributed by atoms with Crippen molar-refractivity contribution in [1.29, 1.82) is 0 Å². The van der Waals surface area contributed by atoms with Gasteiger partial charge in [-0.05, 0) is 38.4 Å². The van der Waals surface area contributed by atoms with E-state index < -0.39 is 0 Å². The van der Waals surface area contributed by atoms with Gasteiger partial charge in [-0.3, -0.25) is 0 Å². The van der Waals surface area contributed by atoms with Gasteiger partial charge in [0, 0.05) is 12.2 Å². The molecule has 1 aromatic rings. The predicted molar refractivity (Wildman–Crippen MR) is 58.9 cm³/mol. The zero-order valence-electron chi connectivity index (χ0n) is 9.54. The average molecular weight is 210 g/mol. The van der Waals surface area contributed by atoms with Crippen LogP contribution in [0.15, 0.2) is 6.07 Å². The molecule has 0 saturated heterocycles. The Morgan fingerprint density at radius 2 is 2.20 bits per heavy atom. The molecular formula is C11H18N2O2. The fourth-order valence-corrected chi connectivity index (χ4v) is 1.75. The van der Waals surface area contributed by atoms with Gasteiger partial charge in [0.05, 0.1) is 7.11 Å². The molecule has 0 saturated carbocycles. The third-order valence-corrected chi connectivity index (χ3v) is 2.46. The van der Waals surface area contributed by atoms with Crippen molar-refractivity contribution in [1.82, 2.24) is 4.57 Å². The SMILES string of the molecule is COC(=O)c1c(C)cc(C)n1CCCN. The largest absolute Gasteiger partial charge is 0.464 e. The highest BCUT2D eigenvalue weighted by Crippen LogP contribution is 2.16. The van der Waals surface area contributed by atoms with E-state index in [1.54, 1.807) is 0 Å². The molecule has 2 N–H and O–H groups in total. The van der Waals surface area contributed by atoms with Gasteiger partial charge in [-0.2, -0.15) is 0 Å². The Morgan fingerprint density at radius 1 is 1.53 bits per heavy atom. The Kier molecular flexibility index (Phi) is 3.91. The maximum absolute atomic E-state index is 11.6. The highest BCUT2D eigenvalue weighted by atomic mass is 16.5. The molecule has 1 heterocycles. The summed E-state index contributed by atoms with van der Waals surface area (Å²) >= 11 is 0. The van der Waals surface area contributed by atoms with Gasteiger partial charge >= 0.3 is 5.97 Å². The first kappa shape index (κ1) is 11.8. The van der Waals surface area contributed by atoms with Crippen LogP contribution in [-0.4, -0.2) is 24.2 Å². The third-order valence-electron chi connectivity index (χ3n) is 2.46. The monoisotopic (exact) mass is 210 g/mol. The van der Waals surface area contributed by atoms with Gasteiger partial charge in [0.1, 0.15) is 5.69 Å². The van der Waals surface area contributed by atoms with Crippen LogP contribution in [0.5, 0.6) is 0 Å². The van der Waals surface area contributed by atoms with Crippen molar-refractivity contribution in [2.45, 2.75) is 26.8 Å². The van der Waals surface area contributed by atoms with Crippen molar-refractivity contribution in [2.24, 2.45) is 5.73 Å². The van der Waals surface area contributed by atoms with Gasteiger partial charge in [-0.25, -0.2) is 4.79 Å². The maximum atomic E-state index is 11.6.